The van der Waals surface area contributed by atoms with Crippen LogP contribution < -0.4 is 133 Å². The van der Waals surface area contributed by atoms with Crippen LogP contribution in [0.1, 0.15) is 0 Å². The zero-order chi connectivity index (χ0) is 90.4. The summed E-state index contributed by atoms with van der Waals surface area (Å²) in [6.45, 7) is 0. The van der Waals surface area contributed by atoms with Gasteiger partial charge >= 0.3 is 0 Å². The molecule has 0 atom stereocenters. The van der Waals surface area contributed by atoms with Crippen molar-refractivity contribution in [1.82, 2.24) is 14.7 Å². The molecule has 54 heteroatoms. The standard InChI is InChI=1S/C8H13N5O.3C8H13N5S.4C7H11N5S.C6H9N5S/c1-13(2)8(10)12-7(9)11-6-3-4-14-5-6;1-11-7(9)12-8(10)13(2)6-3-4-14-5-6;1-12(6-3-4-14-5-6)8(11)13(2)7(9)10;1-11-8(12-7(9)10)13(2)6-3-4-14-5-6;1-10-6(8)12-7(9)11-5-2-3-13-4-5;1-12(5-2-3-13-4-5)7(10)11-6(8)9;1-12(6(8)9)7(10)11-5-2-3-13-4-5;1-10-7(12-6(8)9)11-5-2-3-13-4-5;7-5(8)11-6(9)10-4-1-2-12-3-4/h2*3-5H,1-2H3,(H4,9,10,11,12);3-5,11H,1-2H3,(H3,9,10);3-5H,1-2H3,(H4,9,10,11,12);2-4H,1H3,(H5,8,9,10,11,12);2-4H,1H3,(H5,8,9,10,11);2-4H,1H3,(H3,8,9)(H2,10,11);2-4H,1H3,(H5,8,9,10,11,12);1-3H,(H6,7,8,9,10,11). The summed E-state index contributed by atoms with van der Waals surface area (Å²) in [7, 11) is 20.3. The minimum absolute atomic E-state index is 0.00711. The van der Waals surface area contributed by atoms with Crippen LogP contribution in [0, 0.1) is 21.6 Å². The smallest absolute Gasteiger partial charge is 0.227 e. The third-order valence-electron chi connectivity index (χ3n) is 13.0. The van der Waals surface area contributed by atoms with Crippen molar-refractivity contribution in [3.8, 4) is 0 Å². The van der Waals surface area contributed by atoms with Crippen LogP contribution in [0.3, 0.4) is 0 Å². The van der Waals surface area contributed by atoms with Gasteiger partial charge < -0.3 is 143 Å². The molecule has 0 amide bonds. The second-order valence-corrected chi connectivity index (χ2v) is 28.3. The van der Waals surface area contributed by atoms with Crippen molar-refractivity contribution in [2.75, 3.05) is 115 Å². The van der Waals surface area contributed by atoms with Crippen molar-refractivity contribution < 1.29 is 4.42 Å². The molecule has 0 aliphatic rings. The van der Waals surface area contributed by atoms with E-state index in [0.717, 1.165) is 45.5 Å². The van der Waals surface area contributed by atoms with E-state index in [9.17, 15) is 0 Å². The molecule has 0 spiro atoms. The first-order valence-electron chi connectivity index (χ1n) is 33.3. The maximum Gasteiger partial charge on any atom is 0.227 e. The molecule has 0 saturated carbocycles. The third-order valence-corrected chi connectivity index (χ3v) is 18.4. The lowest BCUT2D eigenvalue weighted by Gasteiger charge is -2.25. The second-order valence-electron chi connectivity index (χ2n) is 22.0. The quantitative estimate of drug-likeness (QED) is 0.0724. The number of hydrogen-bond acceptors (Lipinski definition) is 20. The molecule has 0 unspecified atom stereocenters. The fraction of sp³-hybridized carbons (Fsp3) is 0.182. The normalized spacial score (nSPS) is 11.4. The molecule has 0 aliphatic heterocycles. The second kappa shape index (κ2) is 57.6. The molecule has 0 bridgehead atoms. The minimum Gasteiger partial charge on any atom is -0.470 e. The molecular formula is C66H105N45OS8. The van der Waals surface area contributed by atoms with Gasteiger partial charge in [-0.2, -0.15) is 126 Å². The Kier molecular flexibility index (Phi) is 49.7. The Hall–Kier alpha value is -14.5. The van der Waals surface area contributed by atoms with Gasteiger partial charge in [-0.25, -0.2) is 15.0 Å². The Labute approximate surface area is 726 Å². The molecule has 9 aromatic rings. The van der Waals surface area contributed by atoms with Crippen LogP contribution in [0.25, 0.3) is 0 Å². The van der Waals surface area contributed by atoms with E-state index in [-0.39, 0.29) is 83.4 Å². The van der Waals surface area contributed by atoms with Crippen LogP contribution in [0.2, 0.25) is 0 Å². The maximum atomic E-state index is 7.74. The molecule has 0 aliphatic carbocycles. The first-order valence-corrected chi connectivity index (χ1v) is 40.8. The Bertz CT molecular complexity index is 4830. The van der Waals surface area contributed by atoms with Gasteiger partial charge in [-0.05, 0) is 91.6 Å². The van der Waals surface area contributed by atoms with Gasteiger partial charge in [0.2, 0.25) is 65.6 Å². The number of hydrogen-bond donors (Lipinski definition) is 24. The average Bonchev–Trinajstić information content (AvgIpc) is 1.75. The van der Waals surface area contributed by atoms with Crippen molar-refractivity contribution in [1.29, 1.82) is 21.6 Å². The lowest BCUT2D eigenvalue weighted by atomic mass is 10.5. The van der Waals surface area contributed by atoms with Gasteiger partial charge in [0.15, 0.2) is 41.7 Å². The van der Waals surface area contributed by atoms with Gasteiger partial charge in [-0.15, -0.1) is 0 Å². The van der Waals surface area contributed by atoms with Crippen molar-refractivity contribution in [2.24, 2.45) is 173 Å². The van der Waals surface area contributed by atoms with Crippen molar-refractivity contribution in [2.45, 2.75) is 0 Å². The lowest BCUT2D eigenvalue weighted by Crippen LogP contribution is -2.45. The largest absolute Gasteiger partial charge is 0.470 e. The highest BCUT2D eigenvalue weighted by Gasteiger charge is 2.15. The molecule has 120 heavy (non-hydrogen) atoms. The first kappa shape index (κ1) is 104. The number of furan rings is 1. The van der Waals surface area contributed by atoms with E-state index in [1.54, 1.807) is 164 Å². The fourth-order valence-corrected chi connectivity index (χ4v) is 11.8. The molecule has 0 fully saturated rings. The summed E-state index contributed by atoms with van der Waals surface area (Å²) in [5.74, 6) is 2.18. The van der Waals surface area contributed by atoms with Crippen LogP contribution in [0.15, 0.2) is 228 Å². The monoisotopic (exact) mass is 1800 g/mol. The van der Waals surface area contributed by atoms with Crippen molar-refractivity contribution >= 4 is 249 Å². The molecule has 9 rings (SSSR count). The number of nitrogens with zero attached hydrogens (tertiary/aromatic N) is 21. The van der Waals surface area contributed by atoms with E-state index in [1.165, 1.54) is 45.0 Å². The van der Waals surface area contributed by atoms with E-state index in [4.69, 9.17) is 129 Å². The highest BCUT2D eigenvalue weighted by atomic mass is 32.1. The molecule has 0 saturated heterocycles. The topological polar surface area (TPSA) is 797 Å². The number of aliphatic imine (C=N–C) groups is 14. The van der Waals surface area contributed by atoms with Gasteiger partial charge in [-0.1, -0.05) is 0 Å². The van der Waals surface area contributed by atoms with Gasteiger partial charge in [0.05, 0.1) is 51.8 Å². The number of thiophene rings is 8. The third kappa shape index (κ3) is 44.4. The number of anilines is 6. The van der Waals surface area contributed by atoms with Gasteiger partial charge in [0.1, 0.15) is 12.0 Å². The van der Waals surface area contributed by atoms with Gasteiger partial charge in [0, 0.05) is 134 Å². The van der Waals surface area contributed by atoms with E-state index >= 15 is 0 Å². The maximum absolute atomic E-state index is 7.74. The Morgan fingerprint density at radius 1 is 0.342 bits per heavy atom. The van der Waals surface area contributed by atoms with Crippen molar-refractivity contribution in [3.63, 3.8) is 0 Å². The Morgan fingerprint density at radius 2 is 0.742 bits per heavy atom. The molecule has 0 radical (unpaired) electrons. The Balaban J connectivity index is 0.000000675. The average molecular weight is 1800 g/mol. The van der Waals surface area contributed by atoms with Crippen LogP contribution in [-0.2, 0) is 0 Å². The van der Waals surface area contributed by atoms with Gasteiger partial charge in [0.25, 0.3) is 0 Å². The predicted octanol–water partition coefficient (Wildman–Crippen LogP) is 3.65. The highest BCUT2D eigenvalue weighted by molar-refractivity contribution is 7.10. The summed E-state index contributed by atoms with van der Waals surface area (Å²) in [5, 5.41) is 66.2. The summed E-state index contributed by atoms with van der Waals surface area (Å²) in [4.78, 5) is 64.6. The molecule has 9 aromatic heterocycles. The van der Waals surface area contributed by atoms with E-state index in [2.05, 4.69) is 80.5 Å². The minimum atomic E-state index is -0.142. The molecular weight excluding hydrogens is 1700 g/mol. The molecule has 46 nitrogen and oxygen atoms in total. The number of guanidine groups is 18. The number of nitrogens with two attached hydrogens (primary N) is 18. The number of rotatable bonds is 9. The predicted molar refractivity (Wildman–Crippen MR) is 516 cm³/mol. The van der Waals surface area contributed by atoms with E-state index < -0.39 is 0 Å². The highest BCUT2D eigenvalue weighted by Crippen LogP contribution is 2.22. The molecule has 9 heterocycles. The van der Waals surface area contributed by atoms with Crippen LogP contribution >= 0.6 is 90.7 Å². The zero-order valence-corrected chi connectivity index (χ0v) is 74.1. The lowest BCUT2D eigenvalue weighted by molar-refractivity contribution is 0.568. The first-order chi connectivity index (χ1) is 56.8. The molecule has 0 aromatic carbocycles. The number of nitrogens with one attached hydrogen (secondary N) is 6. The summed E-state index contributed by atoms with van der Waals surface area (Å²) >= 11 is 12.5. The van der Waals surface area contributed by atoms with E-state index in [1.807, 2.05) is 154 Å². The molecule has 648 valence electrons. The van der Waals surface area contributed by atoms with Crippen LogP contribution in [-0.4, -0.2) is 207 Å². The van der Waals surface area contributed by atoms with Crippen molar-refractivity contribution in [3.05, 3.63) is 153 Å². The Morgan fingerprint density at radius 3 is 1.13 bits per heavy atom. The fourth-order valence-electron chi connectivity index (χ4n) is 6.82. The summed E-state index contributed by atoms with van der Waals surface area (Å²) in [6.07, 6.45) is 2.97. The zero-order valence-electron chi connectivity index (χ0n) is 67.5. The molecule has 42 N–H and O–H groups in total. The summed E-state index contributed by atoms with van der Waals surface area (Å²) in [5.41, 5.74) is 104. The summed E-state index contributed by atoms with van der Waals surface area (Å²) in [6, 6.07) is 16.9. The van der Waals surface area contributed by atoms with Crippen LogP contribution in [0.4, 0.5) is 51.2 Å². The van der Waals surface area contributed by atoms with Crippen LogP contribution in [0.5, 0.6) is 0 Å². The SMILES string of the molecule is CN(C(=N)N)C(=N)N(C)c1ccsc1.CN(C(=N)N)C(N)=Nc1ccsc1.CN(C(=N)N=C(N)N)c1ccsc1.CN(C)C(N)=NC(N)=Nc1ccoc1.CN=C(N)N=C(N)N(C)c1ccsc1.CN=C(N)N=C(N)Nc1ccsc1.CN=C(N=C(N)N)N(C)c1ccsc1.CN=C(N=C(N)N)Nc1ccsc1.NC(N)=NC(N)=Nc1ccsc1. The summed E-state index contributed by atoms with van der Waals surface area (Å²) < 4.78 is 4.82. The van der Waals surface area contributed by atoms with Gasteiger partial charge in [-0.3, -0.25) is 51.4 Å². The van der Waals surface area contributed by atoms with E-state index in [0.29, 0.717) is 29.5 Å².